The average molecular weight is 351 g/mol. The minimum atomic E-state index is -0.282. The number of benzene rings is 1. The van der Waals surface area contributed by atoms with Crippen LogP contribution in [0.1, 0.15) is 47.0 Å². The fourth-order valence-electron chi connectivity index (χ4n) is 3.56. The van der Waals surface area contributed by atoms with Crippen molar-refractivity contribution in [2.24, 2.45) is 12.8 Å². The van der Waals surface area contributed by atoms with Crippen molar-refractivity contribution in [1.82, 2.24) is 14.5 Å². The minimum Gasteiger partial charge on any atom is -0.337 e. The Labute approximate surface area is 152 Å². The van der Waals surface area contributed by atoms with Gasteiger partial charge in [-0.2, -0.15) is 0 Å². The first-order valence-corrected chi connectivity index (χ1v) is 8.62. The lowest BCUT2D eigenvalue weighted by atomic mass is 9.87. The fraction of sp³-hybridized carbons (Fsp3) is 0.200. The molecule has 2 heterocycles. The summed E-state index contributed by atoms with van der Waals surface area (Å²) in [4.78, 5) is 8.80. The van der Waals surface area contributed by atoms with Crippen molar-refractivity contribution >= 4 is 23.3 Å². The third-order valence-electron chi connectivity index (χ3n) is 4.90. The Morgan fingerprint density at radius 3 is 2.88 bits per heavy atom. The maximum Gasteiger partial charge on any atom is 0.0945 e. The number of aromatic nitrogens is 3. The summed E-state index contributed by atoms with van der Waals surface area (Å²) in [6.45, 7) is 2.18. The Kier molecular flexibility index (Phi) is 3.94. The molecule has 1 aliphatic carbocycles. The van der Waals surface area contributed by atoms with Crippen LogP contribution in [0.25, 0.3) is 11.6 Å². The van der Waals surface area contributed by atoms with Gasteiger partial charge in [-0.1, -0.05) is 30.7 Å². The van der Waals surface area contributed by atoms with Crippen molar-refractivity contribution in [2.75, 3.05) is 0 Å². The molecule has 5 heteroatoms. The first-order chi connectivity index (χ1) is 12.1. The monoisotopic (exact) mass is 350 g/mol. The Morgan fingerprint density at radius 1 is 1.28 bits per heavy atom. The maximum atomic E-state index is 6.56. The summed E-state index contributed by atoms with van der Waals surface area (Å²) in [5.41, 5.74) is 12.9. The van der Waals surface area contributed by atoms with E-state index in [1.807, 2.05) is 48.4 Å². The van der Waals surface area contributed by atoms with Gasteiger partial charge in [0.1, 0.15) is 0 Å². The summed E-state index contributed by atoms with van der Waals surface area (Å²) in [6.07, 6.45) is 7.70. The van der Waals surface area contributed by atoms with Gasteiger partial charge in [-0.15, -0.1) is 0 Å². The minimum absolute atomic E-state index is 0.142. The number of allylic oxidation sites excluding steroid dienone is 1. The third kappa shape index (κ3) is 2.68. The molecule has 0 aliphatic heterocycles. The summed E-state index contributed by atoms with van der Waals surface area (Å²) in [5.74, 6) is 0.142. The van der Waals surface area contributed by atoms with Crippen molar-refractivity contribution in [3.63, 3.8) is 0 Å². The summed E-state index contributed by atoms with van der Waals surface area (Å²) in [5, 5.41) is 0.702. The Morgan fingerprint density at radius 2 is 2.12 bits per heavy atom. The lowest BCUT2D eigenvalue weighted by Gasteiger charge is -2.20. The number of halogens is 1. The van der Waals surface area contributed by atoms with Crippen LogP contribution in [-0.4, -0.2) is 14.5 Å². The third-order valence-corrected chi connectivity index (χ3v) is 5.14. The zero-order chi connectivity index (χ0) is 17.6. The topological polar surface area (TPSA) is 56.7 Å². The summed E-state index contributed by atoms with van der Waals surface area (Å²) in [6, 6.07) is 9.62. The molecule has 2 aromatic heterocycles. The molecule has 0 saturated heterocycles. The molecule has 126 valence electrons. The molecule has 0 spiro atoms. The Bertz CT molecular complexity index is 973. The number of nitrogens with zero attached hydrogens (tertiary/aromatic N) is 3. The van der Waals surface area contributed by atoms with Gasteiger partial charge in [0.2, 0.25) is 0 Å². The molecule has 0 bridgehead atoms. The zero-order valence-electron chi connectivity index (χ0n) is 14.1. The summed E-state index contributed by atoms with van der Waals surface area (Å²) >= 11 is 6.31. The molecule has 25 heavy (non-hydrogen) atoms. The van der Waals surface area contributed by atoms with Crippen molar-refractivity contribution in [3.8, 4) is 0 Å². The fourth-order valence-corrected chi connectivity index (χ4v) is 3.73. The van der Waals surface area contributed by atoms with Crippen LogP contribution in [0.4, 0.5) is 0 Å². The second-order valence-electron chi connectivity index (χ2n) is 6.44. The second-order valence-corrected chi connectivity index (χ2v) is 6.87. The van der Waals surface area contributed by atoms with E-state index in [1.54, 1.807) is 6.20 Å². The second kappa shape index (κ2) is 6.14. The van der Waals surface area contributed by atoms with Crippen LogP contribution in [0, 0.1) is 0 Å². The van der Waals surface area contributed by atoms with E-state index in [4.69, 9.17) is 17.3 Å². The van der Waals surface area contributed by atoms with E-state index in [1.165, 1.54) is 5.57 Å². The first kappa shape index (κ1) is 16.1. The number of imidazole rings is 1. The Balaban J connectivity index is 1.98. The van der Waals surface area contributed by atoms with Gasteiger partial charge < -0.3 is 10.3 Å². The molecule has 0 fully saturated rings. The first-order valence-electron chi connectivity index (χ1n) is 8.24. The molecule has 0 radical (unpaired) electrons. The van der Waals surface area contributed by atoms with Crippen LogP contribution in [0.5, 0.6) is 0 Å². The molecule has 1 aromatic carbocycles. The molecule has 3 aromatic rings. The highest BCUT2D eigenvalue weighted by molar-refractivity contribution is 6.30. The van der Waals surface area contributed by atoms with Gasteiger partial charge >= 0.3 is 0 Å². The number of hydrogen-bond donors (Lipinski definition) is 1. The Hall–Kier alpha value is -2.43. The number of aryl methyl sites for hydroxylation is 1. The molecular formula is C20H19ClN4. The van der Waals surface area contributed by atoms with E-state index >= 15 is 0 Å². The molecule has 4 rings (SSSR count). The average Bonchev–Trinajstić information content (AvgIpc) is 3.00. The van der Waals surface area contributed by atoms with Crippen molar-refractivity contribution in [1.29, 1.82) is 0 Å². The quantitative estimate of drug-likeness (QED) is 0.754. The number of hydrogen-bond acceptors (Lipinski definition) is 3. The van der Waals surface area contributed by atoms with E-state index in [0.717, 1.165) is 28.1 Å². The highest BCUT2D eigenvalue weighted by atomic mass is 35.5. The molecule has 1 aliphatic rings. The maximum absolute atomic E-state index is 6.56. The standard InChI is InChI=1S/C20H19ClN4/c1-12(18-10-23-11-25(18)2)16-8-13-4-3-7-24-20(13)19(22)15-6-5-14(21)9-17(15)16/h3-12,19H,22H2,1-2H3/t12-,19-/m1/s1. The van der Waals surface area contributed by atoms with E-state index < -0.39 is 0 Å². The summed E-state index contributed by atoms with van der Waals surface area (Å²) in [7, 11) is 2.01. The number of pyridine rings is 1. The predicted octanol–water partition coefficient (Wildman–Crippen LogP) is 4.17. The van der Waals surface area contributed by atoms with Crippen molar-refractivity contribution in [2.45, 2.75) is 18.9 Å². The van der Waals surface area contributed by atoms with Crippen LogP contribution in [-0.2, 0) is 7.05 Å². The van der Waals surface area contributed by atoms with Crippen LogP contribution in [0.15, 0.2) is 49.1 Å². The van der Waals surface area contributed by atoms with Crippen molar-refractivity contribution < 1.29 is 0 Å². The van der Waals surface area contributed by atoms with Gasteiger partial charge in [0.25, 0.3) is 0 Å². The normalized spacial score (nSPS) is 17.3. The predicted molar refractivity (Wildman–Crippen MR) is 101 cm³/mol. The molecule has 2 N–H and O–H groups in total. The lowest BCUT2D eigenvalue weighted by molar-refractivity contribution is 0.791. The van der Waals surface area contributed by atoms with Crippen LogP contribution in [0.3, 0.4) is 0 Å². The smallest absolute Gasteiger partial charge is 0.0945 e. The SMILES string of the molecule is C[C@H](C1=Cc2cccnc2[C@H](N)c2ccc(Cl)cc21)c1cncn1C. The van der Waals surface area contributed by atoms with Crippen LogP contribution in [0.2, 0.25) is 5.02 Å². The van der Waals surface area contributed by atoms with E-state index in [2.05, 4.69) is 29.0 Å². The van der Waals surface area contributed by atoms with E-state index in [0.29, 0.717) is 5.02 Å². The number of fused-ring (bicyclic) bond motifs is 2. The highest BCUT2D eigenvalue weighted by Gasteiger charge is 2.26. The molecule has 2 atom stereocenters. The molecule has 0 amide bonds. The molecular weight excluding hydrogens is 332 g/mol. The van der Waals surface area contributed by atoms with Gasteiger partial charge in [-0.05, 0) is 46.5 Å². The largest absolute Gasteiger partial charge is 0.337 e. The number of rotatable bonds is 2. The van der Waals surface area contributed by atoms with E-state index in [9.17, 15) is 0 Å². The van der Waals surface area contributed by atoms with Gasteiger partial charge in [0.15, 0.2) is 0 Å². The van der Waals surface area contributed by atoms with Gasteiger partial charge in [0.05, 0.1) is 18.1 Å². The highest BCUT2D eigenvalue weighted by Crippen LogP contribution is 2.41. The van der Waals surface area contributed by atoms with E-state index in [-0.39, 0.29) is 12.0 Å². The molecule has 0 unspecified atom stereocenters. The van der Waals surface area contributed by atoms with Crippen molar-refractivity contribution in [3.05, 3.63) is 82.2 Å². The van der Waals surface area contributed by atoms with Gasteiger partial charge in [0, 0.05) is 36.1 Å². The lowest BCUT2D eigenvalue weighted by Crippen LogP contribution is -2.15. The van der Waals surface area contributed by atoms with Crippen LogP contribution >= 0.6 is 11.6 Å². The zero-order valence-corrected chi connectivity index (χ0v) is 14.9. The molecule has 0 saturated carbocycles. The van der Waals surface area contributed by atoms with Gasteiger partial charge in [-0.3, -0.25) is 4.98 Å². The van der Waals surface area contributed by atoms with Gasteiger partial charge in [-0.25, -0.2) is 4.98 Å². The molecule has 4 nitrogen and oxygen atoms in total. The summed E-state index contributed by atoms with van der Waals surface area (Å²) < 4.78 is 2.05. The van der Waals surface area contributed by atoms with Crippen LogP contribution < -0.4 is 5.73 Å². The number of nitrogens with two attached hydrogens (primary N) is 1.